The summed E-state index contributed by atoms with van der Waals surface area (Å²) in [6.45, 7) is 6.48. The monoisotopic (exact) mass is 487 g/mol. The second-order valence-electron chi connectivity index (χ2n) is 8.30. The number of aromatic nitrogens is 3. The standard InChI is InChI=1S/C23H26ClN5O3S/c1-23(2,3)15-7-5-14(6-8-15)20-27-28-22(33-12-11-19(30)26-21(25)31)29(20)16-9-10-18(32-4)17(24)13-16/h5-10,13H,11-12H2,1-4H3,(H3,25,26,30,31). The minimum absolute atomic E-state index is 0.0300. The molecule has 174 valence electrons. The number of nitrogens with two attached hydrogens (primary N) is 1. The Labute approximate surface area is 201 Å². The van der Waals surface area contributed by atoms with Gasteiger partial charge in [-0.25, -0.2) is 4.79 Å². The van der Waals surface area contributed by atoms with Crippen LogP contribution in [-0.2, 0) is 10.2 Å². The largest absolute Gasteiger partial charge is 0.495 e. The molecule has 0 bridgehead atoms. The molecule has 0 saturated heterocycles. The molecule has 10 heteroatoms. The number of methoxy groups -OCH3 is 1. The molecule has 0 atom stereocenters. The van der Waals surface area contributed by atoms with E-state index in [1.54, 1.807) is 19.2 Å². The Kier molecular flexibility index (Phi) is 7.65. The number of nitrogens with zero attached hydrogens (tertiary/aromatic N) is 3. The van der Waals surface area contributed by atoms with Crippen LogP contribution in [0.25, 0.3) is 17.1 Å². The molecule has 0 saturated carbocycles. The third-order valence-electron chi connectivity index (χ3n) is 4.86. The fraction of sp³-hybridized carbons (Fsp3) is 0.304. The molecule has 1 heterocycles. The van der Waals surface area contributed by atoms with Crippen molar-refractivity contribution in [2.75, 3.05) is 12.9 Å². The van der Waals surface area contributed by atoms with Crippen molar-refractivity contribution in [2.24, 2.45) is 5.73 Å². The predicted molar refractivity (Wildman–Crippen MR) is 130 cm³/mol. The Balaban J connectivity index is 1.97. The van der Waals surface area contributed by atoms with Gasteiger partial charge in [0.05, 0.1) is 17.8 Å². The number of carbonyl (C=O) groups is 2. The van der Waals surface area contributed by atoms with Crippen LogP contribution in [0.5, 0.6) is 5.75 Å². The summed E-state index contributed by atoms with van der Waals surface area (Å²) >= 11 is 7.72. The first kappa shape index (κ1) is 24.6. The van der Waals surface area contributed by atoms with Crippen LogP contribution in [0.4, 0.5) is 4.79 Å². The molecule has 2 aromatic carbocycles. The Morgan fingerprint density at radius 3 is 2.42 bits per heavy atom. The van der Waals surface area contributed by atoms with Gasteiger partial charge in [-0.15, -0.1) is 10.2 Å². The maximum absolute atomic E-state index is 11.8. The summed E-state index contributed by atoms with van der Waals surface area (Å²) in [4.78, 5) is 22.6. The third-order valence-corrected chi connectivity index (χ3v) is 6.09. The molecule has 0 unspecified atom stereocenters. The fourth-order valence-corrected chi connectivity index (χ4v) is 4.27. The van der Waals surface area contributed by atoms with E-state index in [2.05, 4.69) is 48.4 Å². The summed E-state index contributed by atoms with van der Waals surface area (Å²) in [6, 6.07) is 12.7. The van der Waals surface area contributed by atoms with Gasteiger partial charge in [-0.05, 0) is 29.2 Å². The molecular weight excluding hydrogens is 462 g/mol. The van der Waals surface area contributed by atoms with Crippen molar-refractivity contribution < 1.29 is 14.3 Å². The number of rotatable bonds is 7. The molecular formula is C23H26ClN5O3S. The molecule has 3 N–H and O–H groups in total. The summed E-state index contributed by atoms with van der Waals surface area (Å²) in [6.07, 6.45) is 0.0967. The number of nitrogens with one attached hydrogen (secondary N) is 1. The van der Waals surface area contributed by atoms with Crippen LogP contribution in [0.2, 0.25) is 5.02 Å². The van der Waals surface area contributed by atoms with Gasteiger partial charge in [0.2, 0.25) is 5.91 Å². The van der Waals surface area contributed by atoms with Gasteiger partial charge < -0.3 is 10.5 Å². The smallest absolute Gasteiger partial charge is 0.318 e. The number of thioether (sulfide) groups is 1. The predicted octanol–water partition coefficient (Wildman–Crippen LogP) is 4.57. The van der Waals surface area contributed by atoms with Crippen LogP contribution in [-0.4, -0.2) is 39.6 Å². The molecule has 0 aliphatic carbocycles. The zero-order valence-corrected chi connectivity index (χ0v) is 20.5. The normalized spacial score (nSPS) is 11.3. The van der Waals surface area contributed by atoms with E-state index < -0.39 is 11.9 Å². The Morgan fingerprint density at radius 2 is 1.85 bits per heavy atom. The summed E-state index contributed by atoms with van der Waals surface area (Å²) < 4.78 is 7.15. The lowest BCUT2D eigenvalue weighted by Gasteiger charge is -2.19. The SMILES string of the molecule is COc1ccc(-n2c(SCCC(=O)NC(N)=O)nnc2-c2ccc(C(C)(C)C)cc2)cc1Cl. The Hall–Kier alpha value is -3.04. The summed E-state index contributed by atoms with van der Waals surface area (Å²) in [5.74, 6) is 1.12. The van der Waals surface area contributed by atoms with Crippen LogP contribution >= 0.6 is 23.4 Å². The molecule has 1 aromatic heterocycles. The number of hydrogen-bond donors (Lipinski definition) is 2. The molecule has 3 amide bonds. The molecule has 33 heavy (non-hydrogen) atoms. The number of carbonyl (C=O) groups excluding carboxylic acids is 2. The van der Waals surface area contributed by atoms with Gasteiger partial charge in [0.15, 0.2) is 11.0 Å². The van der Waals surface area contributed by atoms with Crippen LogP contribution < -0.4 is 15.8 Å². The lowest BCUT2D eigenvalue weighted by atomic mass is 9.87. The van der Waals surface area contributed by atoms with Crippen molar-refractivity contribution in [3.63, 3.8) is 0 Å². The fourth-order valence-electron chi connectivity index (χ4n) is 3.13. The van der Waals surface area contributed by atoms with Crippen LogP contribution in [0.15, 0.2) is 47.6 Å². The van der Waals surface area contributed by atoms with Crippen LogP contribution in [0, 0.1) is 0 Å². The maximum Gasteiger partial charge on any atom is 0.318 e. The first-order chi connectivity index (χ1) is 15.6. The molecule has 3 aromatic rings. The molecule has 8 nitrogen and oxygen atoms in total. The molecule has 0 fully saturated rings. The van der Waals surface area contributed by atoms with Crippen molar-refractivity contribution in [1.82, 2.24) is 20.1 Å². The zero-order valence-electron chi connectivity index (χ0n) is 18.9. The first-order valence-electron chi connectivity index (χ1n) is 10.2. The van der Waals surface area contributed by atoms with Gasteiger partial charge in [0.25, 0.3) is 0 Å². The highest BCUT2D eigenvalue weighted by atomic mass is 35.5. The van der Waals surface area contributed by atoms with E-state index in [9.17, 15) is 9.59 Å². The number of benzene rings is 2. The Morgan fingerprint density at radius 1 is 1.15 bits per heavy atom. The number of ether oxygens (including phenoxy) is 1. The van der Waals surface area contributed by atoms with Gasteiger partial charge >= 0.3 is 6.03 Å². The molecule has 0 aliphatic heterocycles. The number of urea groups is 1. The maximum atomic E-state index is 11.8. The van der Waals surface area contributed by atoms with Gasteiger partial charge in [0.1, 0.15) is 5.75 Å². The average Bonchev–Trinajstić information content (AvgIpc) is 3.16. The number of primary amides is 1. The molecule has 0 aliphatic rings. The van der Waals surface area contributed by atoms with Gasteiger partial charge in [-0.1, -0.05) is 68.4 Å². The van der Waals surface area contributed by atoms with Crippen molar-refractivity contribution in [2.45, 2.75) is 37.8 Å². The highest BCUT2D eigenvalue weighted by molar-refractivity contribution is 7.99. The van der Waals surface area contributed by atoms with Crippen molar-refractivity contribution in [3.05, 3.63) is 53.1 Å². The first-order valence-corrected chi connectivity index (χ1v) is 11.6. The minimum Gasteiger partial charge on any atom is -0.495 e. The van der Waals surface area contributed by atoms with Crippen LogP contribution in [0.1, 0.15) is 32.8 Å². The van der Waals surface area contributed by atoms with Gasteiger partial charge in [-0.2, -0.15) is 0 Å². The van der Waals surface area contributed by atoms with E-state index >= 15 is 0 Å². The van der Waals surface area contributed by atoms with Crippen molar-refractivity contribution in [3.8, 4) is 22.8 Å². The number of halogens is 1. The van der Waals surface area contributed by atoms with E-state index in [-0.39, 0.29) is 11.8 Å². The third kappa shape index (κ3) is 6.06. The van der Waals surface area contributed by atoms with E-state index in [1.807, 2.05) is 22.8 Å². The van der Waals surface area contributed by atoms with Crippen LogP contribution in [0.3, 0.4) is 0 Å². The average molecular weight is 488 g/mol. The van der Waals surface area contributed by atoms with E-state index in [0.717, 1.165) is 11.3 Å². The summed E-state index contributed by atoms with van der Waals surface area (Å²) in [5, 5.41) is 11.9. The van der Waals surface area contributed by atoms with E-state index in [1.165, 1.54) is 17.3 Å². The summed E-state index contributed by atoms with van der Waals surface area (Å²) in [5.41, 5.74) is 7.87. The quantitative estimate of drug-likeness (QED) is 0.472. The number of amides is 3. The molecule has 0 radical (unpaired) electrons. The summed E-state index contributed by atoms with van der Waals surface area (Å²) in [7, 11) is 1.56. The second kappa shape index (κ2) is 10.3. The van der Waals surface area contributed by atoms with E-state index in [0.29, 0.717) is 27.5 Å². The van der Waals surface area contributed by atoms with Crippen molar-refractivity contribution >= 4 is 35.3 Å². The van der Waals surface area contributed by atoms with E-state index in [4.69, 9.17) is 22.1 Å². The van der Waals surface area contributed by atoms with Crippen molar-refractivity contribution in [1.29, 1.82) is 0 Å². The van der Waals surface area contributed by atoms with Gasteiger partial charge in [-0.3, -0.25) is 14.7 Å². The second-order valence-corrected chi connectivity index (χ2v) is 9.77. The lowest BCUT2D eigenvalue weighted by molar-refractivity contribution is -0.119. The zero-order chi connectivity index (χ0) is 24.2. The molecule has 3 rings (SSSR count). The minimum atomic E-state index is -0.873. The van der Waals surface area contributed by atoms with Gasteiger partial charge in [0, 0.05) is 17.7 Å². The number of imide groups is 1. The Bertz CT molecular complexity index is 1160. The lowest BCUT2D eigenvalue weighted by Crippen LogP contribution is -2.35. The highest BCUT2D eigenvalue weighted by Crippen LogP contribution is 2.33. The number of hydrogen-bond acceptors (Lipinski definition) is 6. The highest BCUT2D eigenvalue weighted by Gasteiger charge is 2.19. The topological polar surface area (TPSA) is 112 Å². The molecule has 0 spiro atoms.